The standard InChI is InChI=1S/2C11H20O2.2ClH.Ti/c2*1-10(2,3)8(12)7-9(13)11(4,5)6;;;/h2*7,12H,1-6H3;2*1H;/q;;;;+2/p-2/b2*8-7-;;;. The number of hydrogen-bond donors (Lipinski definition) is 2. The second-order valence-electron chi connectivity index (χ2n) is 10.9. The molecule has 0 aliphatic heterocycles. The molecule has 4 nitrogen and oxygen atoms in total. The summed E-state index contributed by atoms with van der Waals surface area (Å²) >= 11 is -0.556. The van der Waals surface area contributed by atoms with Crippen molar-refractivity contribution in [2.75, 3.05) is 0 Å². The van der Waals surface area contributed by atoms with Crippen molar-refractivity contribution >= 4 is 30.2 Å². The van der Waals surface area contributed by atoms with Gasteiger partial charge in [-0.3, -0.25) is 9.59 Å². The van der Waals surface area contributed by atoms with Gasteiger partial charge < -0.3 is 10.2 Å². The Kier molecular flexibility index (Phi) is 15.2. The van der Waals surface area contributed by atoms with Crippen molar-refractivity contribution in [2.45, 2.75) is 83.1 Å². The SMILES string of the molecule is CC(C)(C)C(=O)/C=C(\O)C(C)(C)C.CC(C)(C)C(=O)/C=C(\O)C(C)(C)C.[Cl][Ti][Cl]. The van der Waals surface area contributed by atoms with Gasteiger partial charge in [0, 0.05) is 33.8 Å². The van der Waals surface area contributed by atoms with Gasteiger partial charge >= 0.3 is 35.6 Å². The Bertz CT molecular complexity index is 530. The average molecular weight is 487 g/mol. The molecule has 0 atom stereocenters. The van der Waals surface area contributed by atoms with Gasteiger partial charge in [-0.05, 0) is 0 Å². The Morgan fingerprint density at radius 1 is 0.586 bits per heavy atom. The predicted octanol–water partition coefficient (Wildman–Crippen LogP) is 7.56. The van der Waals surface area contributed by atoms with Crippen molar-refractivity contribution in [3.8, 4) is 0 Å². The minimum absolute atomic E-state index is 0.0417. The number of rotatable bonds is 2. The fraction of sp³-hybridized carbons (Fsp3) is 0.727. The fourth-order valence-electron chi connectivity index (χ4n) is 1.11. The molecule has 7 heteroatoms. The predicted molar refractivity (Wildman–Crippen MR) is 121 cm³/mol. The van der Waals surface area contributed by atoms with Crippen LogP contribution in [0.5, 0.6) is 0 Å². The van der Waals surface area contributed by atoms with Crippen LogP contribution in [0.2, 0.25) is 0 Å². The number of hydrogen-bond acceptors (Lipinski definition) is 4. The summed E-state index contributed by atoms with van der Waals surface area (Å²) in [6.07, 6.45) is 2.67. The molecule has 29 heavy (non-hydrogen) atoms. The molecule has 0 saturated heterocycles. The maximum atomic E-state index is 11.5. The first-order valence-corrected chi connectivity index (χ1v) is 13.7. The van der Waals surface area contributed by atoms with Gasteiger partial charge in [0.25, 0.3) is 0 Å². The monoisotopic (exact) mass is 486 g/mol. The van der Waals surface area contributed by atoms with E-state index in [1.165, 1.54) is 12.2 Å². The van der Waals surface area contributed by atoms with E-state index >= 15 is 0 Å². The summed E-state index contributed by atoms with van der Waals surface area (Å²) in [6, 6.07) is 0. The third-order valence-electron chi connectivity index (χ3n) is 3.55. The molecule has 0 rings (SSSR count). The zero-order chi connectivity index (χ0) is 24.4. The molecular formula is C22H40Cl2O4Ti. The van der Waals surface area contributed by atoms with E-state index in [0.717, 1.165) is 0 Å². The van der Waals surface area contributed by atoms with Crippen LogP contribution >= 0.6 is 18.6 Å². The Balaban J connectivity index is -0.000000410. The molecule has 0 fully saturated rings. The van der Waals surface area contributed by atoms with E-state index < -0.39 is 27.9 Å². The van der Waals surface area contributed by atoms with Crippen molar-refractivity contribution in [1.82, 2.24) is 0 Å². The molecule has 0 heterocycles. The second-order valence-corrected chi connectivity index (χ2v) is 13.4. The summed E-state index contributed by atoms with van der Waals surface area (Å²) in [7, 11) is 9.78. The van der Waals surface area contributed by atoms with E-state index in [1.807, 2.05) is 83.1 Å². The Morgan fingerprint density at radius 2 is 0.759 bits per heavy atom. The third-order valence-corrected chi connectivity index (χ3v) is 3.55. The van der Waals surface area contributed by atoms with Crippen molar-refractivity contribution < 1.29 is 36.8 Å². The summed E-state index contributed by atoms with van der Waals surface area (Å²) in [5, 5.41) is 19.1. The van der Waals surface area contributed by atoms with Crippen molar-refractivity contribution in [1.29, 1.82) is 0 Å². The normalized spacial score (nSPS) is 13.4. The van der Waals surface area contributed by atoms with Crippen LogP contribution in [-0.2, 0) is 26.6 Å². The third kappa shape index (κ3) is 18.2. The topological polar surface area (TPSA) is 74.6 Å². The first kappa shape index (κ1) is 33.4. The molecule has 0 aromatic heterocycles. The molecule has 0 unspecified atom stereocenters. The zero-order valence-electron chi connectivity index (χ0n) is 20.1. The summed E-state index contributed by atoms with van der Waals surface area (Å²) in [4.78, 5) is 23.0. The van der Waals surface area contributed by atoms with Gasteiger partial charge in [-0.1, -0.05) is 83.1 Å². The molecule has 0 aliphatic rings. The Morgan fingerprint density at radius 3 is 0.862 bits per heavy atom. The number of ketones is 2. The van der Waals surface area contributed by atoms with E-state index in [1.54, 1.807) is 0 Å². The first-order valence-electron chi connectivity index (χ1n) is 9.39. The summed E-state index contributed by atoms with van der Waals surface area (Å²) in [5.74, 6) is 0.208. The first-order chi connectivity index (χ1) is 12.5. The van der Waals surface area contributed by atoms with Crippen molar-refractivity contribution in [2.24, 2.45) is 21.7 Å². The summed E-state index contributed by atoms with van der Waals surface area (Å²) in [5.41, 5.74) is -1.53. The average Bonchev–Trinajstić information content (AvgIpc) is 2.44. The molecule has 170 valence electrons. The van der Waals surface area contributed by atoms with E-state index in [9.17, 15) is 19.8 Å². The van der Waals surface area contributed by atoms with Crippen LogP contribution < -0.4 is 0 Å². The molecule has 0 spiro atoms. The van der Waals surface area contributed by atoms with Gasteiger partial charge in [0.15, 0.2) is 11.6 Å². The molecule has 0 bridgehead atoms. The van der Waals surface area contributed by atoms with Gasteiger partial charge in [-0.2, -0.15) is 0 Å². The van der Waals surface area contributed by atoms with Crippen LogP contribution in [0.3, 0.4) is 0 Å². The van der Waals surface area contributed by atoms with E-state index in [-0.39, 0.29) is 33.9 Å². The Labute approximate surface area is 194 Å². The summed E-state index contributed by atoms with van der Waals surface area (Å²) in [6.45, 7) is 22.2. The number of aliphatic hydroxyl groups is 2. The number of halogens is 2. The number of carbonyl (C=O) groups is 2. The van der Waals surface area contributed by atoms with Gasteiger partial charge in [-0.15, -0.1) is 0 Å². The van der Waals surface area contributed by atoms with Crippen molar-refractivity contribution in [3.05, 3.63) is 23.7 Å². The van der Waals surface area contributed by atoms with Crippen LogP contribution in [0.1, 0.15) is 83.1 Å². The molecule has 0 saturated carbocycles. The number of carbonyl (C=O) groups excluding carboxylic acids is 2. The van der Waals surface area contributed by atoms with Crippen LogP contribution in [0, 0.1) is 21.7 Å². The quantitative estimate of drug-likeness (QED) is 0.240. The molecule has 0 aliphatic carbocycles. The maximum absolute atomic E-state index is 11.5. The molecular weight excluding hydrogens is 447 g/mol. The van der Waals surface area contributed by atoms with Crippen LogP contribution in [0.25, 0.3) is 0 Å². The summed E-state index contributed by atoms with van der Waals surface area (Å²) < 4.78 is 0. The minimum atomic E-state index is -0.556. The van der Waals surface area contributed by atoms with Crippen LogP contribution in [-0.4, -0.2) is 21.8 Å². The number of aliphatic hydroxyl groups excluding tert-OH is 2. The van der Waals surface area contributed by atoms with Crippen molar-refractivity contribution in [3.63, 3.8) is 0 Å². The zero-order valence-corrected chi connectivity index (χ0v) is 23.2. The van der Waals surface area contributed by atoms with Crippen LogP contribution in [0.15, 0.2) is 23.7 Å². The Hall–Kier alpha value is -0.286. The van der Waals surface area contributed by atoms with E-state index in [0.29, 0.717) is 0 Å². The van der Waals surface area contributed by atoms with E-state index in [2.05, 4.69) is 0 Å². The fourth-order valence-corrected chi connectivity index (χ4v) is 1.11. The van der Waals surface area contributed by atoms with Gasteiger partial charge in [0.1, 0.15) is 11.5 Å². The molecule has 2 N–H and O–H groups in total. The van der Waals surface area contributed by atoms with E-state index in [4.69, 9.17) is 18.6 Å². The second kappa shape index (κ2) is 13.2. The molecule has 0 aromatic carbocycles. The molecule has 0 aromatic rings. The number of allylic oxidation sites excluding steroid dienone is 4. The van der Waals surface area contributed by atoms with Gasteiger partial charge in [-0.25, -0.2) is 0 Å². The van der Waals surface area contributed by atoms with Gasteiger partial charge in [0.05, 0.1) is 0 Å². The van der Waals surface area contributed by atoms with Crippen LogP contribution in [0.4, 0.5) is 0 Å². The van der Waals surface area contributed by atoms with Gasteiger partial charge in [0.2, 0.25) is 0 Å². The molecule has 0 radical (unpaired) electrons. The molecule has 0 amide bonds.